The van der Waals surface area contributed by atoms with Gasteiger partial charge in [-0.1, -0.05) is 23.5 Å². The van der Waals surface area contributed by atoms with E-state index in [0.717, 1.165) is 79.6 Å². The van der Waals surface area contributed by atoms with Crippen LogP contribution in [0.2, 0.25) is 0 Å². The van der Waals surface area contributed by atoms with Crippen molar-refractivity contribution in [3.8, 4) is 5.19 Å². The lowest BCUT2D eigenvalue weighted by Gasteiger charge is -2.32. The zero-order valence-electron chi connectivity index (χ0n) is 21.0. The summed E-state index contributed by atoms with van der Waals surface area (Å²) in [5.74, 6) is 0.602. The van der Waals surface area contributed by atoms with E-state index in [9.17, 15) is 18.0 Å². The number of benzene rings is 1. The average Bonchev–Trinajstić information content (AvgIpc) is 3.32. The summed E-state index contributed by atoms with van der Waals surface area (Å²) in [6, 6.07) is 9.63. The highest BCUT2D eigenvalue weighted by atomic mass is 32.1. The Morgan fingerprint density at radius 3 is 2.79 bits per heavy atom. The Labute approximate surface area is 223 Å². The molecule has 3 heterocycles. The van der Waals surface area contributed by atoms with Crippen LogP contribution in [0.4, 0.5) is 13.2 Å². The zero-order valence-corrected chi connectivity index (χ0v) is 21.8. The molecule has 11 heteroatoms. The minimum absolute atomic E-state index is 0.0318. The summed E-state index contributed by atoms with van der Waals surface area (Å²) in [4.78, 5) is 25.3. The number of hydrogen-bond donors (Lipinski definition) is 1. The quantitative estimate of drug-likeness (QED) is 0.364. The van der Waals surface area contributed by atoms with E-state index in [2.05, 4.69) is 24.9 Å². The molecule has 1 aliphatic carbocycles. The Balaban J connectivity index is 1.03. The minimum Gasteiger partial charge on any atom is -0.468 e. The molecule has 1 N–H and O–H groups in total. The summed E-state index contributed by atoms with van der Waals surface area (Å²) >= 11 is 1.41. The summed E-state index contributed by atoms with van der Waals surface area (Å²) in [5.41, 5.74) is 2.46. The van der Waals surface area contributed by atoms with Gasteiger partial charge < -0.3 is 10.1 Å². The molecule has 2 aromatic heterocycles. The van der Waals surface area contributed by atoms with Gasteiger partial charge in [-0.3, -0.25) is 19.4 Å². The third-order valence-electron chi connectivity index (χ3n) is 7.29. The molecule has 1 fully saturated rings. The fourth-order valence-corrected chi connectivity index (χ4v) is 6.22. The van der Waals surface area contributed by atoms with Crippen molar-refractivity contribution in [2.75, 3.05) is 26.3 Å². The maximum atomic E-state index is 12.9. The van der Waals surface area contributed by atoms with Crippen LogP contribution in [-0.4, -0.2) is 59.5 Å². The molecular formula is C27H31F3N4O3S. The first-order valence-electron chi connectivity index (χ1n) is 13.0. The van der Waals surface area contributed by atoms with Crippen LogP contribution >= 0.6 is 11.3 Å². The number of ether oxygens (including phenoxy) is 2. The summed E-state index contributed by atoms with van der Waals surface area (Å²) in [6.07, 6.45) is 3.22. The predicted molar refractivity (Wildman–Crippen MR) is 138 cm³/mol. The SMILES string of the molecule is O=C(NC1CCC(CCN2CCc3sc(OCCOC(F)(F)F)nc3C2)CC1)c1cccc2ncccc12. The zero-order chi connectivity index (χ0) is 26.5. The number of carbonyl (C=O) groups is 1. The number of fused-ring (bicyclic) bond motifs is 2. The number of pyridine rings is 1. The fraction of sp³-hybridized carbons (Fsp3) is 0.519. The van der Waals surface area contributed by atoms with E-state index in [1.165, 1.54) is 11.3 Å². The molecule has 0 atom stereocenters. The molecule has 38 heavy (non-hydrogen) atoms. The second-order valence-corrected chi connectivity index (χ2v) is 10.9. The van der Waals surface area contributed by atoms with Gasteiger partial charge in [0, 0.05) is 41.2 Å². The highest BCUT2D eigenvalue weighted by molar-refractivity contribution is 7.13. The van der Waals surface area contributed by atoms with Gasteiger partial charge in [0.25, 0.3) is 11.1 Å². The Morgan fingerprint density at radius 1 is 1.13 bits per heavy atom. The molecule has 1 aliphatic heterocycles. The number of carbonyl (C=O) groups excluding carboxylic acids is 1. The van der Waals surface area contributed by atoms with Crippen molar-refractivity contribution in [2.24, 2.45) is 5.92 Å². The molecule has 5 rings (SSSR count). The maximum Gasteiger partial charge on any atom is 0.522 e. The Bertz CT molecular complexity index is 1240. The van der Waals surface area contributed by atoms with Crippen LogP contribution in [0.1, 0.15) is 53.0 Å². The standard InChI is InChI=1S/C27H31F3N4O3S/c28-27(29,30)37-16-15-36-26-33-23-17-34(14-11-24(23)38-26)13-10-18-6-8-19(9-7-18)32-25(35)21-3-1-5-22-20(21)4-2-12-31-22/h1-5,12,18-19H,6-11,13-17H2,(H,32,35). The molecule has 0 unspecified atom stereocenters. The van der Waals surface area contributed by atoms with Crippen LogP contribution in [0.3, 0.4) is 0 Å². The molecule has 2 aliphatic rings. The molecule has 0 bridgehead atoms. The van der Waals surface area contributed by atoms with Gasteiger partial charge in [0.15, 0.2) is 0 Å². The van der Waals surface area contributed by atoms with Crippen LogP contribution < -0.4 is 10.1 Å². The van der Waals surface area contributed by atoms with Crippen molar-refractivity contribution in [3.63, 3.8) is 0 Å². The van der Waals surface area contributed by atoms with Gasteiger partial charge in [-0.2, -0.15) is 0 Å². The van der Waals surface area contributed by atoms with Crippen LogP contribution in [0.15, 0.2) is 36.5 Å². The van der Waals surface area contributed by atoms with Crippen LogP contribution in [0.25, 0.3) is 10.9 Å². The number of thiazole rings is 1. The topological polar surface area (TPSA) is 76.6 Å². The lowest BCUT2D eigenvalue weighted by Crippen LogP contribution is -2.38. The van der Waals surface area contributed by atoms with Gasteiger partial charge in [0.1, 0.15) is 6.61 Å². The lowest BCUT2D eigenvalue weighted by molar-refractivity contribution is -0.325. The van der Waals surface area contributed by atoms with E-state index in [-0.39, 0.29) is 18.6 Å². The first-order valence-corrected chi connectivity index (χ1v) is 13.8. The van der Waals surface area contributed by atoms with Gasteiger partial charge in [0.05, 0.1) is 17.8 Å². The Hall–Kier alpha value is -2.76. The number of nitrogens with one attached hydrogen (secondary N) is 1. The number of nitrogens with zero attached hydrogens (tertiary/aromatic N) is 3. The van der Waals surface area contributed by atoms with Crippen molar-refractivity contribution < 1.29 is 27.4 Å². The molecule has 7 nitrogen and oxygen atoms in total. The van der Waals surface area contributed by atoms with E-state index in [1.807, 2.05) is 30.3 Å². The normalized spacial score (nSPS) is 20.3. The van der Waals surface area contributed by atoms with Crippen molar-refractivity contribution in [1.82, 2.24) is 20.2 Å². The first-order chi connectivity index (χ1) is 18.3. The number of amides is 1. The third-order valence-corrected chi connectivity index (χ3v) is 8.36. The van der Waals surface area contributed by atoms with Gasteiger partial charge in [-0.05, 0) is 69.2 Å². The molecule has 204 valence electrons. The monoisotopic (exact) mass is 548 g/mol. The van der Waals surface area contributed by atoms with Crippen LogP contribution in [-0.2, 0) is 17.7 Å². The minimum atomic E-state index is -4.64. The van der Waals surface area contributed by atoms with E-state index < -0.39 is 13.0 Å². The smallest absolute Gasteiger partial charge is 0.468 e. The van der Waals surface area contributed by atoms with Crippen molar-refractivity contribution >= 4 is 28.1 Å². The molecular weight excluding hydrogens is 517 g/mol. The van der Waals surface area contributed by atoms with Crippen LogP contribution in [0, 0.1) is 5.92 Å². The second kappa shape index (κ2) is 12.0. The number of alkyl halides is 3. The maximum absolute atomic E-state index is 12.9. The van der Waals surface area contributed by atoms with Gasteiger partial charge in [-0.15, -0.1) is 13.2 Å². The van der Waals surface area contributed by atoms with E-state index in [4.69, 9.17) is 4.74 Å². The Kier molecular flexibility index (Phi) is 8.45. The Morgan fingerprint density at radius 2 is 1.97 bits per heavy atom. The number of halogens is 3. The largest absolute Gasteiger partial charge is 0.522 e. The van der Waals surface area contributed by atoms with Gasteiger partial charge >= 0.3 is 6.36 Å². The number of aromatic nitrogens is 2. The van der Waals surface area contributed by atoms with E-state index in [0.29, 0.717) is 16.7 Å². The van der Waals surface area contributed by atoms with Crippen molar-refractivity contribution in [3.05, 3.63) is 52.7 Å². The summed E-state index contributed by atoms with van der Waals surface area (Å²) in [6.45, 7) is 1.93. The first kappa shape index (κ1) is 26.8. The summed E-state index contributed by atoms with van der Waals surface area (Å²) in [5, 5.41) is 4.51. The molecule has 0 spiro atoms. The predicted octanol–water partition coefficient (Wildman–Crippen LogP) is 5.34. The molecule has 1 aromatic carbocycles. The molecule has 0 radical (unpaired) electrons. The van der Waals surface area contributed by atoms with Crippen LogP contribution in [0.5, 0.6) is 5.19 Å². The highest BCUT2D eigenvalue weighted by Crippen LogP contribution is 2.32. The average molecular weight is 549 g/mol. The number of rotatable bonds is 9. The van der Waals surface area contributed by atoms with E-state index in [1.54, 1.807) is 6.20 Å². The molecule has 1 amide bonds. The molecule has 3 aromatic rings. The second-order valence-electron chi connectivity index (χ2n) is 9.87. The summed E-state index contributed by atoms with van der Waals surface area (Å²) in [7, 11) is 0. The third kappa shape index (κ3) is 7.00. The highest BCUT2D eigenvalue weighted by Gasteiger charge is 2.29. The molecule has 1 saturated carbocycles. The number of hydrogen-bond acceptors (Lipinski definition) is 7. The fourth-order valence-electron chi connectivity index (χ4n) is 5.29. The van der Waals surface area contributed by atoms with Crippen molar-refractivity contribution in [2.45, 2.75) is 57.5 Å². The van der Waals surface area contributed by atoms with Crippen molar-refractivity contribution in [1.29, 1.82) is 0 Å². The van der Waals surface area contributed by atoms with Gasteiger partial charge in [-0.25, -0.2) is 4.98 Å². The summed E-state index contributed by atoms with van der Waals surface area (Å²) < 4.78 is 45.4. The lowest BCUT2D eigenvalue weighted by atomic mass is 9.84. The van der Waals surface area contributed by atoms with Gasteiger partial charge in [0.2, 0.25) is 0 Å². The molecule has 0 saturated heterocycles. The van der Waals surface area contributed by atoms with E-state index >= 15 is 0 Å².